The maximum Gasteiger partial charge on any atom is 0.122 e. The predicted octanol–water partition coefficient (Wildman–Crippen LogP) is 3.48. The van der Waals surface area contributed by atoms with Crippen molar-refractivity contribution in [3.63, 3.8) is 0 Å². The van der Waals surface area contributed by atoms with E-state index in [4.69, 9.17) is 15.2 Å². The van der Waals surface area contributed by atoms with Crippen molar-refractivity contribution in [3.8, 4) is 5.75 Å². The molecule has 0 amide bonds. The van der Waals surface area contributed by atoms with Crippen molar-refractivity contribution in [3.05, 3.63) is 29.8 Å². The number of nitrogens with two attached hydrogens (primary N) is 1. The molecular weight excluding hydrogens is 250 g/mol. The van der Waals surface area contributed by atoms with Crippen molar-refractivity contribution < 1.29 is 9.47 Å². The summed E-state index contributed by atoms with van der Waals surface area (Å²) in [5.74, 6) is 1.52. The molecule has 3 atom stereocenters. The van der Waals surface area contributed by atoms with Crippen LogP contribution in [-0.4, -0.2) is 25.4 Å². The lowest BCUT2D eigenvalue weighted by molar-refractivity contribution is 0.0331. The van der Waals surface area contributed by atoms with Crippen LogP contribution in [0.4, 0.5) is 0 Å². The molecule has 0 saturated carbocycles. The Bertz CT molecular complexity index is 402. The Labute approximate surface area is 122 Å². The van der Waals surface area contributed by atoms with Crippen LogP contribution in [0.25, 0.3) is 0 Å². The van der Waals surface area contributed by atoms with Gasteiger partial charge in [0, 0.05) is 12.6 Å². The van der Waals surface area contributed by atoms with E-state index >= 15 is 0 Å². The molecule has 1 aliphatic heterocycles. The quantitative estimate of drug-likeness (QED) is 0.830. The third-order valence-corrected chi connectivity index (χ3v) is 4.07. The Balaban J connectivity index is 2.02. The Hall–Kier alpha value is -1.06. The van der Waals surface area contributed by atoms with E-state index in [9.17, 15) is 0 Å². The first-order valence-electron chi connectivity index (χ1n) is 7.85. The molecule has 0 aliphatic carbocycles. The Kier molecular flexibility index (Phi) is 5.86. The molecule has 3 unspecified atom stereocenters. The van der Waals surface area contributed by atoms with Gasteiger partial charge in [-0.2, -0.15) is 0 Å². The predicted molar refractivity (Wildman–Crippen MR) is 82.2 cm³/mol. The molecule has 0 radical (unpaired) electrons. The molecule has 1 aliphatic rings. The van der Waals surface area contributed by atoms with Crippen LogP contribution in [-0.2, 0) is 4.74 Å². The van der Waals surface area contributed by atoms with Gasteiger partial charge in [-0.1, -0.05) is 31.5 Å². The minimum absolute atomic E-state index is 0.103. The topological polar surface area (TPSA) is 44.5 Å². The summed E-state index contributed by atoms with van der Waals surface area (Å²) >= 11 is 0. The van der Waals surface area contributed by atoms with Crippen molar-refractivity contribution in [2.45, 2.75) is 57.6 Å². The minimum Gasteiger partial charge on any atom is -0.493 e. The van der Waals surface area contributed by atoms with Gasteiger partial charge >= 0.3 is 0 Å². The SMILES string of the molecule is CCCC(OCC)C(N)CC1CCOc2ccccc21. The summed E-state index contributed by atoms with van der Waals surface area (Å²) in [7, 11) is 0. The van der Waals surface area contributed by atoms with E-state index in [0.717, 1.165) is 44.6 Å². The van der Waals surface area contributed by atoms with Gasteiger partial charge in [-0.3, -0.25) is 0 Å². The van der Waals surface area contributed by atoms with Gasteiger partial charge in [-0.15, -0.1) is 0 Å². The van der Waals surface area contributed by atoms with Crippen molar-refractivity contribution in [1.29, 1.82) is 0 Å². The van der Waals surface area contributed by atoms with Crippen molar-refractivity contribution >= 4 is 0 Å². The van der Waals surface area contributed by atoms with Crippen LogP contribution in [0, 0.1) is 0 Å². The number of para-hydroxylation sites is 1. The third kappa shape index (κ3) is 3.74. The van der Waals surface area contributed by atoms with E-state index < -0.39 is 0 Å². The number of rotatable bonds is 7. The van der Waals surface area contributed by atoms with Crippen LogP contribution < -0.4 is 10.5 Å². The normalized spacial score (nSPS) is 20.9. The second kappa shape index (κ2) is 7.65. The summed E-state index contributed by atoms with van der Waals surface area (Å²) in [6.45, 7) is 5.76. The van der Waals surface area contributed by atoms with Crippen LogP contribution >= 0.6 is 0 Å². The number of ether oxygens (including phenoxy) is 2. The summed E-state index contributed by atoms with van der Waals surface area (Å²) in [6.07, 6.45) is 4.36. The zero-order valence-electron chi connectivity index (χ0n) is 12.7. The van der Waals surface area contributed by atoms with Gasteiger partial charge in [0.15, 0.2) is 0 Å². The van der Waals surface area contributed by atoms with Crippen LogP contribution in [0.2, 0.25) is 0 Å². The zero-order chi connectivity index (χ0) is 14.4. The average Bonchev–Trinajstić information content (AvgIpc) is 2.47. The van der Waals surface area contributed by atoms with E-state index in [1.165, 1.54) is 5.56 Å². The summed E-state index contributed by atoms with van der Waals surface area (Å²) < 4.78 is 11.5. The monoisotopic (exact) mass is 277 g/mol. The third-order valence-electron chi connectivity index (χ3n) is 4.07. The average molecular weight is 277 g/mol. The molecule has 3 heteroatoms. The second-order valence-electron chi connectivity index (χ2n) is 5.55. The van der Waals surface area contributed by atoms with E-state index in [1.807, 2.05) is 13.0 Å². The summed E-state index contributed by atoms with van der Waals surface area (Å²) in [5.41, 5.74) is 7.72. The largest absolute Gasteiger partial charge is 0.493 e. The van der Waals surface area contributed by atoms with Gasteiger partial charge in [0.2, 0.25) is 0 Å². The van der Waals surface area contributed by atoms with E-state index in [0.29, 0.717) is 5.92 Å². The fourth-order valence-corrected chi connectivity index (χ4v) is 3.06. The lowest BCUT2D eigenvalue weighted by Gasteiger charge is -2.31. The van der Waals surface area contributed by atoms with Crippen molar-refractivity contribution in [2.75, 3.05) is 13.2 Å². The Morgan fingerprint density at radius 2 is 2.15 bits per heavy atom. The Morgan fingerprint density at radius 3 is 2.90 bits per heavy atom. The highest BCUT2D eigenvalue weighted by molar-refractivity contribution is 5.37. The fourth-order valence-electron chi connectivity index (χ4n) is 3.06. The summed E-state index contributed by atoms with van der Waals surface area (Å²) in [5, 5.41) is 0. The van der Waals surface area contributed by atoms with Gasteiger partial charge < -0.3 is 15.2 Å². The van der Waals surface area contributed by atoms with Crippen molar-refractivity contribution in [2.24, 2.45) is 5.73 Å². The van der Waals surface area contributed by atoms with Gasteiger partial charge in [-0.25, -0.2) is 0 Å². The maximum atomic E-state index is 6.41. The van der Waals surface area contributed by atoms with Gasteiger partial charge in [0.1, 0.15) is 5.75 Å². The number of hydrogen-bond acceptors (Lipinski definition) is 3. The fraction of sp³-hybridized carbons (Fsp3) is 0.647. The molecule has 0 spiro atoms. The van der Waals surface area contributed by atoms with Crippen LogP contribution in [0.3, 0.4) is 0 Å². The minimum atomic E-state index is 0.103. The summed E-state index contributed by atoms with van der Waals surface area (Å²) in [4.78, 5) is 0. The molecule has 0 bridgehead atoms. The second-order valence-corrected chi connectivity index (χ2v) is 5.55. The molecule has 0 saturated heterocycles. The van der Waals surface area contributed by atoms with Crippen LogP contribution in [0.5, 0.6) is 5.75 Å². The van der Waals surface area contributed by atoms with E-state index in [2.05, 4.69) is 25.1 Å². The molecule has 1 aromatic rings. The molecule has 2 N–H and O–H groups in total. The lowest BCUT2D eigenvalue weighted by atomic mass is 9.85. The molecule has 20 heavy (non-hydrogen) atoms. The molecule has 112 valence electrons. The first kappa shape index (κ1) is 15.3. The van der Waals surface area contributed by atoms with Crippen LogP contribution in [0.1, 0.15) is 51.0 Å². The highest BCUT2D eigenvalue weighted by Crippen LogP contribution is 2.36. The molecule has 0 fully saturated rings. The van der Waals surface area contributed by atoms with Crippen molar-refractivity contribution in [1.82, 2.24) is 0 Å². The molecule has 0 aromatic heterocycles. The smallest absolute Gasteiger partial charge is 0.122 e. The molecular formula is C17H27NO2. The van der Waals surface area contributed by atoms with Gasteiger partial charge in [-0.05, 0) is 43.7 Å². The highest BCUT2D eigenvalue weighted by atomic mass is 16.5. The number of benzene rings is 1. The molecule has 1 aromatic carbocycles. The van der Waals surface area contributed by atoms with E-state index in [-0.39, 0.29) is 12.1 Å². The van der Waals surface area contributed by atoms with Gasteiger partial charge in [0.25, 0.3) is 0 Å². The number of fused-ring (bicyclic) bond motifs is 1. The van der Waals surface area contributed by atoms with Gasteiger partial charge in [0.05, 0.1) is 12.7 Å². The van der Waals surface area contributed by atoms with Crippen LogP contribution in [0.15, 0.2) is 24.3 Å². The molecule has 2 rings (SSSR count). The Morgan fingerprint density at radius 1 is 1.35 bits per heavy atom. The highest BCUT2D eigenvalue weighted by Gasteiger charge is 2.26. The lowest BCUT2D eigenvalue weighted by Crippen LogP contribution is -2.38. The maximum absolute atomic E-state index is 6.41. The number of hydrogen-bond donors (Lipinski definition) is 1. The summed E-state index contributed by atoms with van der Waals surface area (Å²) in [6, 6.07) is 8.44. The first-order valence-corrected chi connectivity index (χ1v) is 7.85. The van der Waals surface area contributed by atoms with E-state index in [1.54, 1.807) is 0 Å². The molecule has 3 nitrogen and oxygen atoms in total. The molecule has 1 heterocycles. The first-order chi connectivity index (χ1) is 9.76. The standard InChI is InChI=1S/C17H27NO2/c1-3-7-17(19-4-2)15(18)12-13-10-11-20-16-9-6-5-8-14(13)16/h5-6,8-9,13,15,17H,3-4,7,10-12,18H2,1-2H3. The zero-order valence-corrected chi connectivity index (χ0v) is 12.7.